The molecule has 1 aromatic rings. The maximum Gasteiger partial charge on any atom is 0.330 e. The number of rotatable bonds is 3. The second kappa shape index (κ2) is 5.13. The number of halogens is 1. The molecule has 1 saturated heterocycles. The highest BCUT2D eigenvalue weighted by atomic mass is 79.9. The Morgan fingerprint density at radius 2 is 2.41 bits per heavy atom. The molecule has 2 heterocycles. The predicted octanol–water partition coefficient (Wildman–Crippen LogP) is -0.489. The van der Waals surface area contributed by atoms with E-state index >= 15 is 0 Å². The fraction of sp³-hybridized carbons (Fsp3) is 0.556. The fourth-order valence-corrected chi connectivity index (χ4v) is 2.01. The summed E-state index contributed by atoms with van der Waals surface area (Å²) in [6, 6.07) is 1.23. The lowest BCUT2D eigenvalue weighted by Crippen LogP contribution is -2.31. The van der Waals surface area contributed by atoms with Gasteiger partial charge in [-0.3, -0.25) is 14.3 Å². The highest BCUT2D eigenvalue weighted by molar-refractivity contribution is 9.06. The summed E-state index contributed by atoms with van der Waals surface area (Å²) in [4.78, 5) is 24.5. The van der Waals surface area contributed by atoms with Crippen LogP contribution < -0.4 is 11.2 Å². The highest BCUT2D eigenvalue weighted by Gasteiger charge is 2.35. The zero-order valence-electron chi connectivity index (χ0n) is 8.71. The Hall–Kier alpha value is -0.960. The average Bonchev–Trinajstić information content (AvgIpc) is 2.60. The molecule has 1 fully saturated rings. The molecule has 17 heavy (non-hydrogen) atoms. The summed E-state index contributed by atoms with van der Waals surface area (Å²) in [5.74, 6) is 0. The molecule has 1 aliphatic rings. The SMILES string of the molecule is O=c1ccn([C@@H]2CC(O)[C@H](COBr)O2)c(=O)[nH]1. The van der Waals surface area contributed by atoms with Crippen LogP contribution in [0.3, 0.4) is 0 Å². The number of ether oxygens (including phenoxy) is 1. The number of nitrogens with zero attached hydrogens (tertiary/aromatic N) is 1. The smallest absolute Gasteiger partial charge is 0.330 e. The van der Waals surface area contributed by atoms with Crippen LogP contribution in [0.25, 0.3) is 0 Å². The number of hydrogen-bond donors (Lipinski definition) is 2. The molecule has 0 aliphatic carbocycles. The minimum Gasteiger partial charge on any atom is -0.390 e. The average molecular weight is 307 g/mol. The summed E-state index contributed by atoms with van der Waals surface area (Å²) in [5, 5.41) is 9.68. The van der Waals surface area contributed by atoms with Gasteiger partial charge in [0.2, 0.25) is 0 Å². The lowest BCUT2D eigenvalue weighted by molar-refractivity contribution is -0.0366. The largest absolute Gasteiger partial charge is 0.390 e. The van der Waals surface area contributed by atoms with E-state index in [0.29, 0.717) is 0 Å². The van der Waals surface area contributed by atoms with Crippen molar-refractivity contribution in [2.45, 2.75) is 24.9 Å². The second-order valence-corrected chi connectivity index (χ2v) is 4.18. The van der Waals surface area contributed by atoms with Gasteiger partial charge < -0.3 is 13.7 Å². The Labute approximate surface area is 104 Å². The Morgan fingerprint density at radius 1 is 1.65 bits per heavy atom. The molecule has 0 spiro atoms. The van der Waals surface area contributed by atoms with Gasteiger partial charge in [-0.05, 0) is 0 Å². The third-order valence-corrected chi connectivity index (χ3v) is 2.86. The second-order valence-electron chi connectivity index (χ2n) is 3.73. The number of aromatic nitrogens is 2. The molecule has 94 valence electrons. The Balaban J connectivity index is 2.19. The molecule has 8 heteroatoms. The molecule has 3 atom stereocenters. The molecular formula is C9H11BrN2O5. The van der Waals surface area contributed by atoms with Gasteiger partial charge in [-0.1, -0.05) is 0 Å². The van der Waals surface area contributed by atoms with E-state index < -0.39 is 29.7 Å². The van der Waals surface area contributed by atoms with Gasteiger partial charge in [-0.2, -0.15) is 0 Å². The first-order valence-electron chi connectivity index (χ1n) is 5.00. The van der Waals surface area contributed by atoms with Crippen LogP contribution in [-0.2, 0) is 8.57 Å². The van der Waals surface area contributed by atoms with Crippen molar-refractivity contribution >= 4 is 16.3 Å². The fourth-order valence-electron chi connectivity index (χ4n) is 1.75. The first-order valence-corrected chi connectivity index (χ1v) is 5.65. The van der Waals surface area contributed by atoms with Crippen LogP contribution >= 0.6 is 16.3 Å². The lowest BCUT2D eigenvalue weighted by Gasteiger charge is -2.14. The number of aliphatic hydroxyl groups excluding tert-OH is 1. The van der Waals surface area contributed by atoms with Crippen molar-refractivity contribution < 1.29 is 13.7 Å². The van der Waals surface area contributed by atoms with E-state index in [0.717, 1.165) is 0 Å². The Bertz CT molecular complexity index is 499. The molecule has 0 saturated carbocycles. The van der Waals surface area contributed by atoms with E-state index in [1.165, 1.54) is 16.8 Å². The normalized spacial score (nSPS) is 28.5. The third-order valence-electron chi connectivity index (χ3n) is 2.59. The van der Waals surface area contributed by atoms with E-state index in [1.54, 1.807) is 0 Å². The minimum absolute atomic E-state index is 0.176. The number of aliphatic hydroxyl groups is 1. The number of H-pyrrole nitrogens is 1. The van der Waals surface area contributed by atoms with Crippen molar-refractivity contribution in [1.29, 1.82) is 0 Å². The van der Waals surface area contributed by atoms with Crippen LogP contribution in [0.4, 0.5) is 0 Å². The first-order chi connectivity index (χ1) is 8.11. The quantitative estimate of drug-likeness (QED) is 0.786. The Morgan fingerprint density at radius 3 is 3.06 bits per heavy atom. The van der Waals surface area contributed by atoms with Crippen LogP contribution in [0, 0.1) is 0 Å². The number of nitrogens with one attached hydrogen (secondary N) is 1. The molecular weight excluding hydrogens is 296 g/mol. The topological polar surface area (TPSA) is 93.6 Å². The summed E-state index contributed by atoms with van der Waals surface area (Å²) in [6.07, 6.45) is -0.195. The van der Waals surface area contributed by atoms with Crippen molar-refractivity contribution in [2.24, 2.45) is 0 Å². The van der Waals surface area contributed by atoms with Crippen LogP contribution in [0.5, 0.6) is 0 Å². The van der Waals surface area contributed by atoms with Crippen LogP contribution in [0.1, 0.15) is 12.6 Å². The van der Waals surface area contributed by atoms with Gasteiger partial charge in [0.15, 0.2) is 0 Å². The van der Waals surface area contributed by atoms with E-state index in [2.05, 4.69) is 21.2 Å². The van der Waals surface area contributed by atoms with E-state index in [1.807, 2.05) is 0 Å². The molecule has 1 aliphatic heterocycles. The first kappa shape index (κ1) is 12.5. The van der Waals surface area contributed by atoms with E-state index in [9.17, 15) is 14.7 Å². The molecule has 1 unspecified atom stereocenters. The molecule has 2 N–H and O–H groups in total. The molecule has 0 bridgehead atoms. The van der Waals surface area contributed by atoms with E-state index in [4.69, 9.17) is 8.57 Å². The van der Waals surface area contributed by atoms with Crippen molar-refractivity contribution in [2.75, 3.05) is 6.61 Å². The van der Waals surface area contributed by atoms with Crippen molar-refractivity contribution in [3.63, 3.8) is 0 Å². The molecule has 0 aromatic carbocycles. The maximum atomic E-state index is 11.5. The molecule has 2 rings (SSSR count). The van der Waals surface area contributed by atoms with Gasteiger partial charge in [0.1, 0.15) is 12.3 Å². The lowest BCUT2D eigenvalue weighted by atomic mass is 10.2. The van der Waals surface area contributed by atoms with Gasteiger partial charge in [0.25, 0.3) is 5.56 Å². The van der Waals surface area contributed by atoms with Crippen molar-refractivity contribution in [3.05, 3.63) is 33.1 Å². The van der Waals surface area contributed by atoms with Crippen LogP contribution in [-0.4, -0.2) is 33.5 Å². The summed E-state index contributed by atoms with van der Waals surface area (Å²) in [5.41, 5.74) is -1.03. The third kappa shape index (κ3) is 2.65. The molecule has 7 nitrogen and oxygen atoms in total. The zero-order chi connectivity index (χ0) is 12.4. The zero-order valence-corrected chi connectivity index (χ0v) is 10.3. The summed E-state index contributed by atoms with van der Waals surface area (Å²) >= 11 is 2.78. The molecule has 0 radical (unpaired) electrons. The van der Waals surface area contributed by atoms with Gasteiger partial charge >= 0.3 is 5.69 Å². The van der Waals surface area contributed by atoms with Gasteiger partial charge in [0, 0.05) is 18.7 Å². The van der Waals surface area contributed by atoms with E-state index in [-0.39, 0.29) is 13.0 Å². The van der Waals surface area contributed by atoms with Crippen LogP contribution in [0.15, 0.2) is 21.9 Å². The maximum absolute atomic E-state index is 11.5. The van der Waals surface area contributed by atoms with Crippen molar-refractivity contribution in [1.82, 2.24) is 9.55 Å². The van der Waals surface area contributed by atoms with Crippen molar-refractivity contribution in [3.8, 4) is 0 Å². The highest BCUT2D eigenvalue weighted by Crippen LogP contribution is 2.27. The van der Waals surface area contributed by atoms with Gasteiger partial charge in [-0.15, -0.1) is 0 Å². The summed E-state index contributed by atoms with van der Waals surface area (Å²) in [6.45, 7) is 0.176. The standard InChI is InChI=1S/C9H11BrN2O5/c10-16-4-6-5(13)3-8(17-6)12-2-1-7(14)11-9(12)15/h1-2,5-6,8,13H,3-4H2,(H,11,14,15)/t5?,6-,8-/m0/s1. The summed E-state index contributed by atoms with van der Waals surface area (Å²) < 4.78 is 11.4. The molecule has 1 aromatic heterocycles. The molecule has 0 amide bonds. The minimum atomic E-state index is -0.712. The van der Waals surface area contributed by atoms with Gasteiger partial charge in [0.05, 0.1) is 29.0 Å². The monoisotopic (exact) mass is 306 g/mol. The predicted molar refractivity (Wildman–Crippen MR) is 60.7 cm³/mol. The Kier molecular flexibility index (Phi) is 3.77. The van der Waals surface area contributed by atoms with Gasteiger partial charge in [-0.25, -0.2) is 4.79 Å². The summed E-state index contributed by atoms with van der Waals surface area (Å²) in [7, 11) is 0. The number of aromatic amines is 1. The number of hydrogen-bond acceptors (Lipinski definition) is 5. The van der Waals surface area contributed by atoms with Crippen LogP contribution in [0.2, 0.25) is 0 Å².